The van der Waals surface area contributed by atoms with E-state index >= 15 is 0 Å². The Morgan fingerprint density at radius 3 is 2.76 bits per heavy atom. The highest BCUT2D eigenvalue weighted by molar-refractivity contribution is 7.80. The van der Waals surface area contributed by atoms with Crippen molar-refractivity contribution in [2.45, 2.75) is 25.3 Å². The standard InChI is InChI=1S/C15H20N2O3S/c1-19-12-3-2-4-13(9-12)20-10-15(18)17(11-5-6-11)8-7-14(16)21/h2-4,9,11H,5-8,10H2,1H3,(H2,16,21). The molecular formula is C15H20N2O3S. The summed E-state index contributed by atoms with van der Waals surface area (Å²) < 4.78 is 10.7. The molecule has 6 heteroatoms. The number of hydrogen-bond donors (Lipinski definition) is 1. The van der Waals surface area contributed by atoms with E-state index < -0.39 is 0 Å². The van der Waals surface area contributed by atoms with Gasteiger partial charge in [0.05, 0.1) is 12.1 Å². The number of ether oxygens (including phenoxy) is 2. The Labute approximate surface area is 130 Å². The maximum atomic E-state index is 12.3. The van der Waals surface area contributed by atoms with Crippen LogP contribution in [-0.4, -0.2) is 42.1 Å². The van der Waals surface area contributed by atoms with Crippen LogP contribution in [0.25, 0.3) is 0 Å². The number of hydrogen-bond acceptors (Lipinski definition) is 4. The van der Waals surface area contributed by atoms with Crippen molar-refractivity contribution >= 4 is 23.1 Å². The zero-order valence-corrected chi connectivity index (χ0v) is 12.9. The summed E-state index contributed by atoms with van der Waals surface area (Å²) in [5, 5.41) is 0. The summed E-state index contributed by atoms with van der Waals surface area (Å²) in [6, 6.07) is 7.52. The first-order valence-corrected chi connectivity index (χ1v) is 7.35. The smallest absolute Gasteiger partial charge is 0.260 e. The Kier molecular flexibility index (Phi) is 5.38. The summed E-state index contributed by atoms with van der Waals surface area (Å²) in [7, 11) is 1.59. The lowest BCUT2D eigenvalue weighted by atomic mass is 10.3. The summed E-state index contributed by atoms with van der Waals surface area (Å²) in [6.07, 6.45) is 2.64. The lowest BCUT2D eigenvalue weighted by Gasteiger charge is -2.22. The minimum absolute atomic E-state index is 0.0149. The molecule has 0 radical (unpaired) electrons. The highest BCUT2D eigenvalue weighted by atomic mass is 32.1. The second-order valence-corrected chi connectivity index (χ2v) is 5.53. The molecule has 1 aromatic carbocycles. The molecule has 0 bridgehead atoms. The number of methoxy groups -OCH3 is 1. The van der Waals surface area contributed by atoms with Gasteiger partial charge in [0.15, 0.2) is 6.61 Å². The number of nitrogens with two attached hydrogens (primary N) is 1. The Hall–Kier alpha value is -1.82. The molecule has 0 saturated heterocycles. The maximum absolute atomic E-state index is 12.3. The zero-order valence-electron chi connectivity index (χ0n) is 12.1. The van der Waals surface area contributed by atoms with Gasteiger partial charge < -0.3 is 20.1 Å². The molecule has 0 heterocycles. The van der Waals surface area contributed by atoms with Gasteiger partial charge in [-0.15, -0.1) is 0 Å². The predicted molar refractivity (Wildman–Crippen MR) is 84.6 cm³/mol. The molecule has 5 nitrogen and oxygen atoms in total. The number of rotatable bonds is 8. The second kappa shape index (κ2) is 7.26. The molecule has 0 spiro atoms. The number of carbonyl (C=O) groups excluding carboxylic acids is 1. The van der Waals surface area contributed by atoms with Crippen LogP contribution in [0.1, 0.15) is 19.3 Å². The van der Waals surface area contributed by atoms with Gasteiger partial charge in [-0.25, -0.2) is 0 Å². The van der Waals surface area contributed by atoms with Gasteiger partial charge in [-0.1, -0.05) is 18.3 Å². The number of benzene rings is 1. The van der Waals surface area contributed by atoms with Crippen molar-refractivity contribution in [1.29, 1.82) is 0 Å². The van der Waals surface area contributed by atoms with Gasteiger partial charge in [-0.3, -0.25) is 4.79 Å². The molecule has 1 amide bonds. The highest BCUT2D eigenvalue weighted by Gasteiger charge is 2.32. The van der Waals surface area contributed by atoms with E-state index in [0.29, 0.717) is 35.5 Å². The van der Waals surface area contributed by atoms with Gasteiger partial charge >= 0.3 is 0 Å². The van der Waals surface area contributed by atoms with Crippen molar-refractivity contribution in [3.05, 3.63) is 24.3 Å². The largest absolute Gasteiger partial charge is 0.497 e. The van der Waals surface area contributed by atoms with Crippen molar-refractivity contribution in [2.75, 3.05) is 20.3 Å². The Balaban J connectivity index is 1.87. The SMILES string of the molecule is COc1cccc(OCC(=O)N(CCC(N)=S)C2CC2)c1. The molecule has 1 aliphatic carbocycles. The van der Waals surface area contributed by atoms with Gasteiger partial charge in [0.2, 0.25) is 0 Å². The number of amides is 1. The van der Waals surface area contributed by atoms with E-state index in [1.807, 2.05) is 17.0 Å². The molecule has 1 aliphatic rings. The summed E-state index contributed by atoms with van der Waals surface area (Å²) in [5.74, 6) is 1.29. The number of thiocarbonyl (C=S) groups is 1. The minimum atomic E-state index is -0.0310. The van der Waals surface area contributed by atoms with Crippen LogP contribution in [0.5, 0.6) is 11.5 Å². The third-order valence-corrected chi connectivity index (χ3v) is 3.51. The van der Waals surface area contributed by atoms with Gasteiger partial charge in [0.1, 0.15) is 11.5 Å². The molecule has 21 heavy (non-hydrogen) atoms. The van der Waals surface area contributed by atoms with Crippen molar-refractivity contribution < 1.29 is 14.3 Å². The minimum Gasteiger partial charge on any atom is -0.497 e. The molecule has 2 rings (SSSR count). The lowest BCUT2D eigenvalue weighted by molar-refractivity contribution is -0.133. The topological polar surface area (TPSA) is 64.8 Å². The summed E-state index contributed by atoms with van der Waals surface area (Å²) in [4.78, 5) is 14.5. The van der Waals surface area contributed by atoms with Crippen LogP contribution in [0.15, 0.2) is 24.3 Å². The number of carbonyl (C=O) groups is 1. The van der Waals surface area contributed by atoms with E-state index in [1.165, 1.54) is 0 Å². The molecule has 114 valence electrons. The van der Waals surface area contributed by atoms with E-state index in [2.05, 4.69) is 0 Å². The maximum Gasteiger partial charge on any atom is 0.260 e. The van der Waals surface area contributed by atoms with Crippen molar-refractivity contribution in [1.82, 2.24) is 4.90 Å². The first-order valence-electron chi connectivity index (χ1n) is 6.95. The predicted octanol–water partition coefficient (Wildman–Crippen LogP) is 1.74. The highest BCUT2D eigenvalue weighted by Crippen LogP contribution is 2.27. The first kappa shape index (κ1) is 15.6. The van der Waals surface area contributed by atoms with E-state index in [4.69, 9.17) is 27.4 Å². The Morgan fingerprint density at radius 2 is 2.14 bits per heavy atom. The Bertz CT molecular complexity index is 517. The van der Waals surface area contributed by atoms with Crippen LogP contribution in [-0.2, 0) is 4.79 Å². The first-order chi connectivity index (χ1) is 10.1. The van der Waals surface area contributed by atoms with Crippen molar-refractivity contribution in [3.8, 4) is 11.5 Å². The number of nitrogens with zero attached hydrogens (tertiary/aromatic N) is 1. The molecular weight excluding hydrogens is 288 g/mol. The average Bonchev–Trinajstić information content (AvgIpc) is 3.30. The van der Waals surface area contributed by atoms with Crippen LogP contribution in [0, 0.1) is 0 Å². The average molecular weight is 308 g/mol. The Morgan fingerprint density at radius 1 is 1.43 bits per heavy atom. The van der Waals surface area contributed by atoms with E-state index in [0.717, 1.165) is 12.8 Å². The zero-order chi connectivity index (χ0) is 15.2. The third-order valence-electron chi connectivity index (χ3n) is 3.31. The lowest BCUT2D eigenvalue weighted by Crippen LogP contribution is -2.38. The van der Waals surface area contributed by atoms with E-state index in [-0.39, 0.29) is 12.5 Å². The van der Waals surface area contributed by atoms with Gasteiger partial charge in [0.25, 0.3) is 5.91 Å². The quantitative estimate of drug-likeness (QED) is 0.741. The molecule has 0 atom stereocenters. The van der Waals surface area contributed by atoms with Crippen LogP contribution < -0.4 is 15.2 Å². The van der Waals surface area contributed by atoms with Crippen molar-refractivity contribution in [3.63, 3.8) is 0 Å². The normalized spacial score (nSPS) is 13.6. The van der Waals surface area contributed by atoms with E-state index in [1.54, 1.807) is 19.2 Å². The molecule has 1 fully saturated rings. The van der Waals surface area contributed by atoms with E-state index in [9.17, 15) is 4.79 Å². The van der Waals surface area contributed by atoms with Crippen molar-refractivity contribution in [2.24, 2.45) is 5.73 Å². The molecule has 2 N–H and O–H groups in total. The molecule has 0 aromatic heterocycles. The van der Waals surface area contributed by atoms with Crippen LogP contribution in [0.3, 0.4) is 0 Å². The van der Waals surface area contributed by atoms with Crippen LogP contribution >= 0.6 is 12.2 Å². The second-order valence-electron chi connectivity index (χ2n) is 5.00. The monoisotopic (exact) mass is 308 g/mol. The fourth-order valence-electron chi connectivity index (χ4n) is 2.05. The molecule has 0 aliphatic heterocycles. The third kappa shape index (κ3) is 4.90. The van der Waals surface area contributed by atoms with Crippen LogP contribution in [0.2, 0.25) is 0 Å². The fourth-order valence-corrected chi connectivity index (χ4v) is 2.14. The molecule has 1 saturated carbocycles. The summed E-state index contributed by atoms with van der Waals surface area (Å²) in [6.45, 7) is 0.585. The molecule has 1 aromatic rings. The summed E-state index contributed by atoms with van der Waals surface area (Å²) >= 11 is 4.87. The van der Waals surface area contributed by atoms with Gasteiger partial charge in [-0.2, -0.15) is 0 Å². The van der Waals surface area contributed by atoms with Gasteiger partial charge in [-0.05, 0) is 25.0 Å². The van der Waals surface area contributed by atoms with Crippen LogP contribution in [0.4, 0.5) is 0 Å². The fraction of sp³-hybridized carbons (Fsp3) is 0.467. The molecule has 0 unspecified atom stereocenters. The van der Waals surface area contributed by atoms with Gasteiger partial charge in [0, 0.05) is 25.1 Å². The summed E-state index contributed by atoms with van der Waals surface area (Å²) in [5.41, 5.74) is 5.51.